The van der Waals surface area contributed by atoms with Gasteiger partial charge in [0, 0.05) is 6.42 Å². The van der Waals surface area contributed by atoms with Crippen molar-refractivity contribution in [1.82, 2.24) is 9.55 Å². The molecule has 0 unspecified atom stereocenters. The molecular weight excluding hydrogens is 272 g/mol. The molecule has 3 nitrogen and oxygen atoms in total. The number of hydrogen-bond donors (Lipinski definition) is 0. The molecule has 3 rings (SSSR count). The maximum Gasteiger partial charge on any atom is 0.266 e. The number of rotatable bonds is 3. The molecule has 3 heteroatoms. The lowest BCUT2D eigenvalue weighted by Crippen LogP contribution is -2.25. The van der Waals surface area contributed by atoms with Crippen LogP contribution in [0.2, 0.25) is 0 Å². The summed E-state index contributed by atoms with van der Waals surface area (Å²) in [6.07, 6.45) is 1.74. The minimum Gasteiger partial charge on any atom is -0.268 e. The van der Waals surface area contributed by atoms with E-state index in [9.17, 15) is 4.79 Å². The van der Waals surface area contributed by atoms with Gasteiger partial charge in [0.05, 0.1) is 16.6 Å². The van der Waals surface area contributed by atoms with Crippen molar-refractivity contribution in [1.29, 1.82) is 0 Å². The van der Waals surface area contributed by atoms with Crippen LogP contribution in [0.5, 0.6) is 0 Å². The number of para-hydroxylation sites is 1. The van der Waals surface area contributed by atoms with Crippen LogP contribution in [0.3, 0.4) is 0 Å². The van der Waals surface area contributed by atoms with E-state index in [1.807, 2.05) is 56.3 Å². The normalized spacial score (nSPS) is 11.0. The highest BCUT2D eigenvalue weighted by atomic mass is 16.1. The van der Waals surface area contributed by atoms with Crippen LogP contribution in [0.25, 0.3) is 16.6 Å². The summed E-state index contributed by atoms with van der Waals surface area (Å²) in [6, 6.07) is 13.8. The van der Waals surface area contributed by atoms with E-state index < -0.39 is 0 Å². The van der Waals surface area contributed by atoms with E-state index in [-0.39, 0.29) is 5.56 Å². The van der Waals surface area contributed by atoms with Crippen molar-refractivity contribution in [2.75, 3.05) is 0 Å². The zero-order valence-corrected chi connectivity index (χ0v) is 13.3. The Kier molecular flexibility index (Phi) is 3.80. The second-order valence-corrected chi connectivity index (χ2v) is 5.67. The molecule has 22 heavy (non-hydrogen) atoms. The summed E-state index contributed by atoms with van der Waals surface area (Å²) in [7, 11) is 0. The average Bonchev–Trinajstić information content (AvgIpc) is 2.49. The highest BCUT2D eigenvalue weighted by Gasteiger charge is 2.14. The Hall–Kier alpha value is -2.42. The smallest absolute Gasteiger partial charge is 0.266 e. The van der Waals surface area contributed by atoms with E-state index in [2.05, 4.69) is 6.92 Å². The van der Waals surface area contributed by atoms with E-state index >= 15 is 0 Å². The van der Waals surface area contributed by atoms with Crippen LogP contribution in [0.15, 0.2) is 47.3 Å². The molecule has 0 bridgehead atoms. The molecule has 0 amide bonds. The molecule has 0 fully saturated rings. The van der Waals surface area contributed by atoms with Gasteiger partial charge in [0.15, 0.2) is 0 Å². The molecule has 0 aliphatic carbocycles. The van der Waals surface area contributed by atoms with Gasteiger partial charge in [0.1, 0.15) is 5.82 Å². The molecule has 3 aromatic rings. The first-order valence-electron chi connectivity index (χ1n) is 7.70. The Morgan fingerprint density at radius 3 is 2.45 bits per heavy atom. The van der Waals surface area contributed by atoms with Crippen LogP contribution < -0.4 is 5.56 Å². The highest BCUT2D eigenvalue weighted by molar-refractivity contribution is 5.81. The fraction of sp³-hybridized carbons (Fsp3) is 0.263. The monoisotopic (exact) mass is 292 g/mol. The molecule has 0 aliphatic rings. The quantitative estimate of drug-likeness (QED) is 0.732. The summed E-state index contributed by atoms with van der Waals surface area (Å²) in [5.74, 6) is 0.833. The minimum absolute atomic E-state index is 0.0286. The Morgan fingerprint density at radius 1 is 1.00 bits per heavy atom. The van der Waals surface area contributed by atoms with Gasteiger partial charge in [-0.3, -0.25) is 9.36 Å². The topological polar surface area (TPSA) is 34.9 Å². The fourth-order valence-electron chi connectivity index (χ4n) is 2.90. The van der Waals surface area contributed by atoms with Crippen molar-refractivity contribution >= 4 is 10.9 Å². The van der Waals surface area contributed by atoms with Crippen LogP contribution in [0.1, 0.15) is 30.3 Å². The summed E-state index contributed by atoms with van der Waals surface area (Å²) in [4.78, 5) is 17.9. The Labute approximate surface area is 130 Å². The van der Waals surface area contributed by atoms with Gasteiger partial charge in [-0.25, -0.2) is 4.98 Å². The van der Waals surface area contributed by atoms with Gasteiger partial charge >= 0.3 is 0 Å². The van der Waals surface area contributed by atoms with Gasteiger partial charge in [0.2, 0.25) is 0 Å². The third kappa shape index (κ3) is 2.33. The van der Waals surface area contributed by atoms with Crippen LogP contribution in [-0.4, -0.2) is 9.55 Å². The maximum absolute atomic E-state index is 13.1. The molecule has 0 spiro atoms. The molecule has 0 N–H and O–H groups in total. The number of aryl methyl sites for hydroxylation is 3. The second kappa shape index (κ2) is 5.76. The standard InChI is InChI=1S/C19H20N2O/c1-4-8-17-20-15-11-7-10-14(3)18(15)19(22)21(17)16-12-6-5-9-13(16)2/h5-7,9-12H,4,8H2,1-3H3. The van der Waals surface area contributed by atoms with E-state index in [0.29, 0.717) is 5.39 Å². The van der Waals surface area contributed by atoms with Crippen LogP contribution in [0, 0.1) is 13.8 Å². The van der Waals surface area contributed by atoms with Crippen LogP contribution in [-0.2, 0) is 6.42 Å². The first kappa shape index (κ1) is 14.5. The molecule has 0 radical (unpaired) electrons. The molecule has 2 aromatic carbocycles. The van der Waals surface area contributed by atoms with Gasteiger partial charge in [0.25, 0.3) is 5.56 Å². The summed E-state index contributed by atoms with van der Waals surface area (Å²) in [5.41, 5.74) is 3.80. The number of aromatic nitrogens is 2. The van der Waals surface area contributed by atoms with E-state index in [4.69, 9.17) is 4.98 Å². The van der Waals surface area contributed by atoms with Crippen molar-refractivity contribution in [3.05, 3.63) is 69.8 Å². The van der Waals surface area contributed by atoms with Crippen molar-refractivity contribution in [3.63, 3.8) is 0 Å². The lowest BCUT2D eigenvalue weighted by Gasteiger charge is -2.15. The van der Waals surface area contributed by atoms with Gasteiger partial charge < -0.3 is 0 Å². The molecule has 0 saturated carbocycles. The predicted octanol–water partition coefficient (Wildman–Crippen LogP) is 3.96. The van der Waals surface area contributed by atoms with Gasteiger partial charge in [-0.2, -0.15) is 0 Å². The van der Waals surface area contributed by atoms with E-state index in [0.717, 1.165) is 41.0 Å². The van der Waals surface area contributed by atoms with Crippen LogP contribution in [0.4, 0.5) is 0 Å². The molecule has 1 heterocycles. The molecule has 1 aromatic heterocycles. The summed E-state index contributed by atoms with van der Waals surface area (Å²) in [6.45, 7) is 6.10. The third-order valence-corrected chi connectivity index (χ3v) is 4.01. The number of benzene rings is 2. The Balaban J connectivity index is 2.44. The molecule has 0 atom stereocenters. The minimum atomic E-state index is 0.0286. The zero-order chi connectivity index (χ0) is 15.7. The van der Waals surface area contributed by atoms with Crippen molar-refractivity contribution in [2.45, 2.75) is 33.6 Å². The van der Waals surface area contributed by atoms with Crippen molar-refractivity contribution in [3.8, 4) is 5.69 Å². The van der Waals surface area contributed by atoms with E-state index in [1.54, 1.807) is 4.57 Å². The summed E-state index contributed by atoms with van der Waals surface area (Å²) < 4.78 is 1.79. The zero-order valence-electron chi connectivity index (χ0n) is 13.3. The van der Waals surface area contributed by atoms with E-state index in [1.165, 1.54) is 0 Å². The van der Waals surface area contributed by atoms with Crippen molar-refractivity contribution < 1.29 is 0 Å². The summed E-state index contributed by atoms with van der Waals surface area (Å²) in [5, 5.41) is 0.714. The lowest BCUT2D eigenvalue weighted by molar-refractivity contribution is 0.771. The number of fused-ring (bicyclic) bond motifs is 1. The molecule has 0 aliphatic heterocycles. The lowest BCUT2D eigenvalue weighted by atomic mass is 10.1. The number of hydrogen-bond acceptors (Lipinski definition) is 2. The van der Waals surface area contributed by atoms with Crippen LogP contribution >= 0.6 is 0 Å². The number of nitrogens with zero attached hydrogens (tertiary/aromatic N) is 2. The first-order chi connectivity index (χ1) is 10.6. The second-order valence-electron chi connectivity index (χ2n) is 5.67. The maximum atomic E-state index is 13.1. The largest absolute Gasteiger partial charge is 0.268 e. The first-order valence-corrected chi connectivity index (χ1v) is 7.70. The average molecular weight is 292 g/mol. The Morgan fingerprint density at radius 2 is 1.73 bits per heavy atom. The molecular formula is C19H20N2O. The SMILES string of the molecule is CCCc1nc2cccc(C)c2c(=O)n1-c1ccccc1C. The predicted molar refractivity (Wildman–Crippen MR) is 90.8 cm³/mol. The van der Waals surface area contributed by atoms with Gasteiger partial charge in [-0.15, -0.1) is 0 Å². The fourth-order valence-corrected chi connectivity index (χ4v) is 2.90. The highest BCUT2D eigenvalue weighted by Crippen LogP contribution is 2.18. The Bertz CT molecular complexity index is 894. The summed E-state index contributed by atoms with van der Waals surface area (Å²) >= 11 is 0. The van der Waals surface area contributed by atoms with Crippen molar-refractivity contribution in [2.24, 2.45) is 0 Å². The third-order valence-electron chi connectivity index (χ3n) is 4.01. The van der Waals surface area contributed by atoms with Gasteiger partial charge in [-0.05, 0) is 43.5 Å². The molecule has 112 valence electrons. The van der Waals surface area contributed by atoms with Gasteiger partial charge in [-0.1, -0.05) is 37.3 Å². The molecule has 0 saturated heterocycles.